The molecule has 1 fully saturated rings. The minimum atomic E-state index is -4.39. The van der Waals surface area contributed by atoms with Crippen LogP contribution in [0.1, 0.15) is 21.5 Å². The van der Waals surface area contributed by atoms with Crippen LogP contribution in [-0.4, -0.2) is 36.6 Å². The van der Waals surface area contributed by atoms with E-state index in [0.717, 1.165) is 12.1 Å². The summed E-state index contributed by atoms with van der Waals surface area (Å²) in [4.78, 5) is 14.1. The SMILES string of the molecule is O=C(c1cc[n+]([O-])cc1)N1CCOC(Cc2cccc(C(F)(F)F)c2)C1. The maximum atomic E-state index is 12.8. The molecule has 1 amide bonds. The third kappa shape index (κ3) is 4.32. The van der Waals surface area contributed by atoms with E-state index in [9.17, 15) is 23.2 Å². The minimum Gasteiger partial charge on any atom is -0.619 e. The predicted molar refractivity (Wildman–Crippen MR) is 86.2 cm³/mol. The lowest BCUT2D eigenvalue weighted by Crippen LogP contribution is -2.46. The van der Waals surface area contributed by atoms with Gasteiger partial charge in [-0.15, -0.1) is 0 Å². The van der Waals surface area contributed by atoms with Crippen molar-refractivity contribution < 1.29 is 27.4 Å². The first-order valence-corrected chi connectivity index (χ1v) is 8.09. The second-order valence-corrected chi connectivity index (χ2v) is 6.09. The Kier molecular flexibility index (Phi) is 5.13. The summed E-state index contributed by atoms with van der Waals surface area (Å²) >= 11 is 0. The highest BCUT2D eigenvalue weighted by atomic mass is 19.4. The van der Waals surface area contributed by atoms with Crippen molar-refractivity contribution in [3.05, 3.63) is 70.7 Å². The standard InChI is InChI=1S/C18H17F3N2O3/c19-18(20,21)15-3-1-2-13(10-15)11-16-12-22(8-9-26-16)17(24)14-4-6-23(25)7-5-14/h1-7,10,16H,8-9,11-12H2. The third-order valence-electron chi connectivity index (χ3n) is 4.19. The van der Waals surface area contributed by atoms with Gasteiger partial charge in [0.15, 0.2) is 12.4 Å². The predicted octanol–water partition coefficient (Wildman–Crippen LogP) is 2.42. The molecule has 1 aliphatic heterocycles. The van der Waals surface area contributed by atoms with Gasteiger partial charge in [0.25, 0.3) is 5.91 Å². The summed E-state index contributed by atoms with van der Waals surface area (Å²) in [7, 11) is 0. The maximum Gasteiger partial charge on any atom is 0.416 e. The van der Waals surface area contributed by atoms with Crippen LogP contribution in [0.5, 0.6) is 0 Å². The number of alkyl halides is 3. The molecule has 0 aliphatic carbocycles. The number of carbonyl (C=O) groups excluding carboxylic acids is 1. The molecule has 2 heterocycles. The molecular weight excluding hydrogens is 349 g/mol. The van der Waals surface area contributed by atoms with E-state index >= 15 is 0 Å². The van der Waals surface area contributed by atoms with E-state index in [2.05, 4.69) is 0 Å². The fourth-order valence-electron chi connectivity index (χ4n) is 2.90. The Bertz CT molecular complexity index is 778. The first-order valence-electron chi connectivity index (χ1n) is 8.09. The van der Waals surface area contributed by atoms with E-state index in [1.54, 1.807) is 11.0 Å². The van der Waals surface area contributed by atoms with Gasteiger partial charge in [-0.1, -0.05) is 18.2 Å². The van der Waals surface area contributed by atoms with E-state index < -0.39 is 11.7 Å². The van der Waals surface area contributed by atoms with Crippen LogP contribution in [-0.2, 0) is 17.3 Å². The number of nitrogens with zero attached hydrogens (tertiary/aromatic N) is 2. The lowest BCUT2D eigenvalue weighted by Gasteiger charge is -2.33. The molecule has 1 aromatic carbocycles. The van der Waals surface area contributed by atoms with Crippen molar-refractivity contribution in [1.29, 1.82) is 0 Å². The number of hydrogen-bond acceptors (Lipinski definition) is 3. The van der Waals surface area contributed by atoms with E-state index in [1.165, 1.54) is 30.6 Å². The molecule has 0 radical (unpaired) electrons. The number of ether oxygens (including phenoxy) is 1. The molecule has 0 bridgehead atoms. The van der Waals surface area contributed by atoms with E-state index in [4.69, 9.17) is 4.74 Å². The van der Waals surface area contributed by atoms with Gasteiger partial charge < -0.3 is 14.8 Å². The van der Waals surface area contributed by atoms with E-state index in [1.807, 2.05) is 0 Å². The Morgan fingerprint density at radius 3 is 2.69 bits per heavy atom. The first kappa shape index (κ1) is 18.2. The maximum absolute atomic E-state index is 12.8. The number of morpholine rings is 1. The normalized spacial score (nSPS) is 18.0. The summed E-state index contributed by atoms with van der Waals surface area (Å²) in [5.74, 6) is -0.233. The third-order valence-corrected chi connectivity index (χ3v) is 4.19. The summed E-state index contributed by atoms with van der Waals surface area (Å²) in [5.41, 5.74) is 0.192. The number of hydrogen-bond donors (Lipinski definition) is 0. The van der Waals surface area contributed by atoms with Crippen LogP contribution >= 0.6 is 0 Å². The van der Waals surface area contributed by atoms with Crippen LogP contribution in [0, 0.1) is 5.21 Å². The Morgan fingerprint density at radius 1 is 1.27 bits per heavy atom. The number of benzene rings is 1. The largest absolute Gasteiger partial charge is 0.619 e. The summed E-state index contributed by atoms with van der Waals surface area (Å²) in [6.45, 7) is 0.981. The number of aromatic nitrogens is 1. The lowest BCUT2D eigenvalue weighted by atomic mass is 10.0. The molecule has 1 saturated heterocycles. The zero-order valence-corrected chi connectivity index (χ0v) is 13.8. The highest BCUT2D eigenvalue weighted by molar-refractivity contribution is 5.94. The molecular formula is C18H17F3N2O3. The minimum absolute atomic E-state index is 0.233. The highest BCUT2D eigenvalue weighted by Crippen LogP contribution is 2.30. The molecule has 1 unspecified atom stereocenters. The van der Waals surface area contributed by atoms with Crippen LogP contribution in [0.4, 0.5) is 13.2 Å². The molecule has 138 valence electrons. The zero-order chi connectivity index (χ0) is 18.7. The fourth-order valence-corrected chi connectivity index (χ4v) is 2.90. The average molecular weight is 366 g/mol. The number of carbonyl (C=O) groups is 1. The Morgan fingerprint density at radius 2 is 2.00 bits per heavy atom. The molecule has 2 aromatic rings. The summed E-state index contributed by atoms with van der Waals surface area (Å²) < 4.78 is 44.7. The van der Waals surface area contributed by atoms with Gasteiger partial charge in [0.05, 0.1) is 23.8 Å². The molecule has 1 atom stereocenters. The van der Waals surface area contributed by atoms with Crippen molar-refractivity contribution in [2.24, 2.45) is 0 Å². The van der Waals surface area contributed by atoms with Crippen LogP contribution in [0.15, 0.2) is 48.8 Å². The van der Waals surface area contributed by atoms with Gasteiger partial charge in [-0.2, -0.15) is 17.9 Å². The van der Waals surface area contributed by atoms with Gasteiger partial charge in [-0.3, -0.25) is 4.79 Å². The molecule has 8 heteroatoms. The van der Waals surface area contributed by atoms with Gasteiger partial charge in [-0.25, -0.2) is 0 Å². The Hall–Kier alpha value is -2.61. The second kappa shape index (κ2) is 7.33. The Labute approximate surface area is 148 Å². The molecule has 1 aromatic heterocycles. The molecule has 26 heavy (non-hydrogen) atoms. The van der Waals surface area contributed by atoms with Crippen LogP contribution in [0.2, 0.25) is 0 Å². The lowest BCUT2D eigenvalue weighted by molar-refractivity contribution is -0.605. The van der Waals surface area contributed by atoms with E-state index in [0.29, 0.717) is 29.0 Å². The van der Waals surface area contributed by atoms with Crippen molar-refractivity contribution in [1.82, 2.24) is 4.90 Å². The number of pyridine rings is 1. The summed E-state index contributed by atoms with van der Waals surface area (Å²) in [6, 6.07) is 7.99. The van der Waals surface area contributed by atoms with Gasteiger partial charge in [-0.05, 0) is 11.6 Å². The fraction of sp³-hybridized carbons (Fsp3) is 0.333. The van der Waals surface area contributed by atoms with Crippen molar-refractivity contribution in [2.75, 3.05) is 19.7 Å². The Balaban J connectivity index is 1.67. The van der Waals surface area contributed by atoms with Crippen molar-refractivity contribution in [3.8, 4) is 0 Å². The van der Waals surface area contributed by atoms with Gasteiger partial charge in [0.1, 0.15) is 0 Å². The molecule has 5 nitrogen and oxygen atoms in total. The van der Waals surface area contributed by atoms with Gasteiger partial charge in [0, 0.05) is 31.6 Å². The zero-order valence-electron chi connectivity index (χ0n) is 13.8. The van der Waals surface area contributed by atoms with Crippen LogP contribution < -0.4 is 4.73 Å². The quantitative estimate of drug-likeness (QED) is 0.619. The smallest absolute Gasteiger partial charge is 0.416 e. The second-order valence-electron chi connectivity index (χ2n) is 6.09. The molecule has 0 N–H and O–H groups in total. The number of rotatable bonds is 3. The number of amides is 1. The first-order chi connectivity index (χ1) is 12.3. The average Bonchev–Trinajstić information content (AvgIpc) is 2.61. The number of halogens is 3. The van der Waals surface area contributed by atoms with Crippen molar-refractivity contribution in [3.63, 3.8) is 0 Å². The van der Waals surface area contributed by atoms with Crippen LogP contribution in [0.3, 0.4) is 0 Å². The molecule has 0 saturated carbocycles. The molecule has 1 aliphatic rings. The van der Waals surface area contributed by atoms with Gasteiger partial charge in [0.2, 0.25) is 0 Å². The summed E-state index contributed by atoms with van der Waals surface area (Å²) in [6.07, 6.45) is -2.01. The van der Waals surface area contributed by atoms with Crippen LogP contribution in [0.25, 0.3) is 0 Å². The summed E-state index contributed by atoms with van der Waals surface area (Å²) in [5, 5.41) is 11.1. The highest BCUT2D eigenvalue weighted by Gasteiger charge is 2.31. The van der Waals surface area contributed by atoms with Gasteiger partial charge >= 0.3 is 6.18 Å². The monoisotopic (exact) mass is 366 g/mol. The molecule has 0 spiro atoms. The van der Waals surface area contributed by atoms with Crippen molar-refractivity contribution in [2.45, 2.75) is 18.7 Å². The van der Waals surface area contributed by atoms with Crippen molar-refractivity contribution >= 4 is 5.91 Å². The molecule has 3 rings (SSSR count). The topological polar surface area (TPSA) is 56.5 Å². The van der Waals surface area contributed by atoms with E-state index in [-0.39, 0.29) is 25.0 Å².